The molecule has 0 aliphatic heterocycles. The number of anilines is 1. The number of nitriles is 1. The Bertz CT molecular complexity index is 657. The molecular weight excluding hydrogens is 268 g/mol. The molecule has 0 bridgehead atoms. The molecule has 1 aromatic carbocycles. The van der Waals surface area contributed by atoms with Gasteiger partial charge < -0.3 is 5.11 Å². The van der Waals surface area contributed by atoms with Crippen molar-refractivity contribution >= 4 is 21.7 Å². The molecule has 0 amide bonds. The molecule has 0 radical (unpaired) electrons. The summed E-state index contributed by atoms with van der Waals surface area (Å²) in [4.78, 5) is 11.0. The van der Waals surface area contributed by atoms with E-state index in [0.29, 0.717) is 5.56 Å². The summed E-state index contributed by atoms with van der Waals surface area (Å²) in [5.74, 6) is -1.19. The monoisotopic (exact) mass is 282 g/mol. The number of nitrogens with zero attached hydrogens (tertiary/aromatic N) is 1. The molecule has 1 rings (SSSR count). The van der Waals surface area contributed by atoms with Crippen LogP contribution in [0.25, 0.3) is 0 Å². The van der Waals surface area contributed by atoms with Gasteiger partial charge in [-0.1, -0.05) is 0 Å². The molecule has 0 saturated carbocycles. The van der Waals surface area contributed by atoms with Crippen molar-refractivity contribution in [1.29, 1.82) is 5.26 Å². The van der Waals surface area contributed by atoms with Crippen molar-refractivity contribution in [2.75, 3.05) is 11.0 Å². The molecule has 0 aliphatic rings. The van der Waals surface area contributed by atoms with Crippen LogP contribution in [0.3, 0.4) is 0 Å². The Kier molecular flexibility index (Phi) is 3.86. The van der Waals surface area contributed by atoms with Gasteiger partial charge in [-0.25, -0.2) is 13.2 Å². The lowest BCUT2D eigenvalue weighted by Crippen LogP contribution is -2.17. The molecule has 102 valence electrons. The molecule has 0 unspecified atom stereocenters. The zero-order valence-corrected chi connectivity index (χ0v) is 11.6. The maximum Gasteiger partial charge on any atom is 0.335 e. The predicted molar refractivity (Wildman–Crippen MR) is 70.5 cm³/mol. The number of hydrogen-bond donors (Lipinski definition) is 2. The zero-order chi connectivity index (χ0) is 14.8. The van der Waals surface area contributed by atoms with E-state index in [4.69, 9.17) is 10.4 Å². The van der Waals surface area contributed by atoms with Gasteiger partial charge in [-0.2, -0.15) is 5.26 Å². The van der Waals surface area contributed by atoms with Crippen molar-refractivity contribution in [2.24, 2.45) is 0 Å². The second-order valence-corrected chi connectivity index (χ2v) is 6.46. The Balaban J connectivity index is 3.43. The minimum Gasteiger partial charge on any atom is -0.478 e. The van der Waals surface area contributed by atoms with Crippen molar-refractivity contribution in [3.8, 4) is 6.07 Å². The quantitative estimate of drug-likeness (QED) is 0.871. The van der Waals surface area contributed by atoms with Gasteiger partial charge in [0.2, 0.25) is 10.0 Å². The molecule has 1 aromatic rings. The van der Waals surface area contributed by atoms with E-state index >= 15 is 0 Å². The van der Waals surface area contributed by atoms with Crippen LogP contribution in [0.4, 0.5) is 5.69 Å². The highest BCUT2D eigenvalue weighted by molar-refractivity contribution is 7.92. The Labute approximate surface area is 111 Å². The third-order valence-corrected chi connectivity index (χ3v) is 3.09. The summed E-state index contributed by atoms with van der Waals surface area (Å²) in [5.41, 5.74) is -0.437. The smallest absolute Gasteiger partial charge is 0.335 e. The van der Waals surface area contributed by atoms with Crippen molar-refractivity contribution < 1.29 is 18.3 Å². The summed E-state index contributed by atoms with van der Waals surface area (Å²) < 4.78 is 24.6. The number of hydrogen-bond acceptors (Lipinski definition) is 4. The largest absolute Gasteiger partial charge is 0.478 e. The van der Waals surface area contributed by atoms with E-state index < -0.39 is 21.4 Å². The number of sulfonamides is 1. The highest BCUT2D eigenvalue weighted by Crippen LogP contribution is 2.27. The number of benzene rings is 1. The molecule has 6 nitrogen and oxygen atoms in total. The summed E-state index contributed by atoms with van der Waals surface area (Å²) in [6.07, 6.45) is 0.968. The second-order valence-electron chi connectivity index (χ2n) is 4.72. The van der Waals surface area contributed by atoms with Gasteiger partial charge in [0, 0.05) is 5.69 Å². The van der Waals surface area contributed by atoms with Crippen molar-refractivity contribution in [1.82, 2.24) is 0 Å². The van der Waals surface area contributed by atoms with Gasteiger partial charge in [0.05, 0.1) is 23.3 Å². The van der Waals surface area contributed by atoms with Gasteiger partial charge in [-0.15, -0.1) is 0 Å². The lowest BCUT2D eigenvalue weighted by Gasteiger charge is -2.18. The van der Waals surface area contributed by atoms with Crippen LogP contribution in [-0.4, -0.2) is 25.7 Å². The Morgan fingerprint density at radius 1 is 1.37 bits per heavy atom. The van der Waals surface area contributed by atoms with E-state index in [2.05, 4.69) is 4.72 Å². The fourth-order valence-electron chi connectivity index (χ4n) is 1.45. The fraction of sp³-hybridized carbons (Fsp3) is 0.333. The van der Waals surface area contributed by atoms with E-state index in [-0.39, 0.29) is 11.3 Å². The molecule has 0 fully saturated rings. The minimum absolute atomic E-state index is 0.0769. The molecule has 0 aliphatic carbocycles. The van der Waals surface area contributed by atoms with Gasteiger partial charge in [-0.3, -0.25) is 4.72 Å². The molecular formula is C12H14N2O4S. The second kappa shape index (κ2) is 4.90. The fourth-order valence-corrected chi connectivity index (χ4v) is 2.00. The molecule has 0 saturated heterocycles. The normalized spacial score (nSPS) is 11.7. The van der Waals surface area contributed by atoms with E-state index in [1.165, 1.54) is 18.2 Å². The average molecular weight is 282 g/mol. The van der Waals surface area contributed by atoms with Crippen LogP contribution in [0.2, 0.25) is 0 Å². The number of aromatic carboxylic acids is 1. The first-order valence-corrected chi connectivity index (χ1v) is 7.22. The highest BCUT2D eigenvalue weighted by Gasteiger charge is 2.22. The maximum atomic E-state index is 11.2. The Hall–Kier alpha value is -2.07. The van der Waals surface area contributed by atoms with E-state index in [9.17, 15) is 13.2 Å². The molecule has 7 heteroatoms. The molecule has 0 aromatic heterocycles. The summed E-state index contributed by atoms with van der Waals surface area (Å²) in [6, 6.07) is 6.07. The van der Waals surface area contributed by atoms with Crippen molar-refractivity contribution in [3.63, 3.8) is 0 Å². The van der Waals surface area contributed by atoms with Gasteiger partial charge >= 0.3 is 5.97 Å². The van der Waals surface area contributed by atoms with Crippen LogP contribution in [0.1, 0.15) is 29.8 Å². The first kappa shape index (κ1) is 15.0. The number of rotatable bonds is 4. The van der Waals surface area contributed by atoms with Crippen LogP contribution >= 0.6 is 0 Å². The number of carboxylic acid groups (broad SMARTS) is 1. The Morgan fingerprint density at radius 2 is 1.95 bits per heavy atom. The molecule has 0 atom stereocenters. The predicted octanol–water partition coefficient (Wildman–Crippen LogP) is 1.56. The van der Waals surface area contributed by atoms with Crippen molar-refractivity contribution in [3.05, 3.63) is 29.3 Å². The third-order valence-electron chi connectivity index (χ3n) is 2.48. The molecule has 19 heavy (non-hydrogen) atoms. The lowest BCUT2D eigenvalue weighted by atomic mass is 9.85. The Morgan fingerprint density at radius 3 is 2.37 bits per heavy atom. The SMILES string of the molecule is CC(C)(C#N)c1cc(NS(C)(=O)=O)cc(C(=O)O)c1. The van der Waals surface area contributed by atoms with E-state index in [1.54, 1.807) is 13.8 Å². The first-order chi connectivity index (χ1) is 8.55. The summed E-state index contributed by atoms with van der Waals surface area (Å²) in [5, 5.41) is 18.1. The van der Waals surface area contributed by atoms with E-state index in [1.807, 2.05) is 6.07 Å². The van der Waals surface area contributed by atoms with Gasteiger partial charge in [0.1, 0.15) is 0 Å². The van der Waals surface area contributed by atoms with Crippen LogP contribution in [0.5, 0.6) is 0 Å². The highest BCUT2D eigenvalue weighted by atomic mass is 32.2. The number of carbonyl (C=O) groups is 1. The van der Waals surface area contributed by atoms with Crippen LogP contribution in [0.15, 0.2) is 18.2 Å². The minimum atomic E-state index is -3.51. The topological polar surface area (TPSA) is 107 Å². The van der Waals surface area contributed by atoms with Crippen LogP contribution in [0, 0.1) is 11.3 Å². The standard InChI is InChI=1S/C12H14N2O4S/c1-12(2,7-13)9-4-8(11(15)16)5-10(6-9)14-19(3,17)18/h4-6,14H,1-3H3,(H,15,16). The van der Waals surface area contributed by atoms with Gasteiger partial charge in [-0.05, 0) is 37.6 Å². The summed E-state index contributed by atoms with van der Waals surface area (Å²) >= 11 is 0. The molecule has 2 N–H and O–H groups in total. The number of carboxylic acids is 1. The van der Waals surface area contributed by atoms with Crippen LogP contribution < -0.4 is 4.72 Å². The average Bonchev–Trinajstić information content (AvgIpc) is 2.26. The zero-order valence-electron chi connectivity index (χ0n) is 10.8. The van der Waals surface area contributed by atoms with Crippen LogP contribution in [-0.2, 0) is 15.4 Å². The van der Waals surface area contributed by atoms with Gasteiger partial charge in [0.25, 0.3) is 0 Å². The maximum absolute atomic E-state index is 11.2. The summed E-state index contributed by atoms with van der Waals surface area (Å²) in [6.45, 7) is 3.25. The number of nitrogens with one attached hydrogen (secondary N) is 1. The first-order valence-electron chi connectivity index (χ1n) is 5.33. The van der Waals surface area contributed by atoms with E-state index in [0.717, 1.165) is 6.26 Å². The van der Waals surface area contributed by atoms with Gasteiger partial charge in [0.15, 0.2) is 0 Å². The molecule has 0 spiro atoms. The molecule has 0 heterocycles. The summed E-state index contributed by atoms with van der Waals surface area (Å²) in [7, 11) is -3.51. The lowest BCUT2D eigenvalue weighted by molar-refractivity contribution is 0.0696. The third kappa shape index (κ3) is 3.96. The van der Waals surface area contributed by atoms with Crippen molar-refractivity contribution in [2.45, 2.75) is 19.3 Å².